The van der Waals surface area contributed by atoms with Crippen molar-refractivity contribution in [1.82, 2.24) is 5.32 Å². The van der Waals surface area contributed by atoms with E-state index in [9.17, 15) is 9.59 Å². The number of esters is 1. The topological polar surface area (TPSA) is 90.7 Å². The van der Waals surface area contributed by atoms with Crippen LogP contribution in [0.4, 0.5) is 5.69 Å². The van der Waals surface area contributed by atoms with Gasteiger partial charge in [-0.2, -0.15) is 0 Å². The first-order chi connectivity index (χ1) is 9.52. The van der Waals surface area contributed by atoms with E-state index in [2.05, 4.69) is 5.32 Å². The number of ether oxygens (including phenoxy) is 2. The predicted octanol–water partition coefficient (Wildman–Crippen LogP) is 1.10. The van der Waals surface area contributed by atoms with E-state index in [4.69, 9.17) is 15.2 Å². The highest BCUT2D eigenvalue weighted by molar-refractivity contribution is 5.99. The molecule has 6 nitrogen and oxygen atoms in total. The first-order valence-electron chi connectivity index (χ1n) is 6.46. The van der Waals surface area contributed by atoms with Crippen LogP contribution in [0.2, 0.25) is 0 Å². The largest absolute Gasteiger partial charge is 0.496 e. The summed E-state index contributed by atoms with van der Waals surface area (Å²) in [6, 6.07) is 5.09. The summed E-state index contributed by atoms with van der Waals surface area (Å²) >= 11 is 0. The Morgan fingerprint density at radius 2 is 2.10 bits per heavy atom. The molecule has 1 aromatic rings. The van der Waals surface area contributed by atoms with Crippen LogP contribution in [0, 0.1) is 0 Å². The third-order valence-electron chi connectivity index (χ3n) is 3.06. The molecule has 1 atom stereocenters. The van der Waals surface area contributed by atoms with Gasteiger partial charge in [0.05, 0.1) is 7.11 Å². The number of nitrogens with one attached hydrogen (secondary N) is 1. The van der Waals surface area contributed by atoms with Gasteiger partial charge in [-0.3, -0.25) is 4.79 Å². The Hall–Kier alpha value is -2.24. The highest BCUT2D eigenvalue weighted by Crippen LogP contribution is 2.25. The molecule has 1 aliphatic carbocycles. The minimum atomic E-state index is -0.868. The van der Waals surface area contributed by atoms with Gasteiger partial charge in [0, 0.05) is 11.7 Å². The Labute approximate surface area is 117 Å². The second kappa shape index (κ2) is 5.81. The minimum absolute atomic E-state index is 0.140. The third-order valence-corrected chi connectivity index (χ3v) is 3.06. The Bertz CT molecular complexity index is 526. The van der Waals surface area contributed by atoms with Crippen LogP contribution in [0.25, 0.3) is 0 Å². The molecular weight excluding hydrogens is 260 g/mol. The Balaban J connectivity index is 2.05. The summed E-state index contributed by atoms with van der Waals surface area (Å²) in [6.45, 7) is 1.53. The number of carbonyl (C=O) groups excluding carboxylic acids is 2. The summed E-state index contributed by atoms with van der Waals surface area (Å²) in [5.74, 6) is -0.641. The summed E-state index contributed by atoms with van der Waals surface area (Å²) < 4.78 is 10.2. The number of rotatable bonds is 5. The fourth-order valence-electron chi connectivity index (χ4n) is 1.76. The molecule has 0 aliphatic heterocycles. The molecule has 0 heterocycles. The van der Waals surface area contributed by atoms with E-state index >= 15 is 0 Å². The van der Waals surface area contributed by atoms with Crippen molar-refractivity contribution in [3.05, 3.63) is 23.8 Å². The molecule has 1 aromatic carbocycles. The molecule has 0 bridgehead atoms. The van der Waals surface area contributed by atoms with Gasteiger partial charge >= 0.3 is 5.97 Å². The molecule has 0 spiro atoms. The van der Waals surface area contributed by atoms with E-state index in [1.165, 1.54) is 14.0 Å². The minimum Gasteiger partial charge on any atom is -0.496 e. The monoisotopic (exact) mass is 278 g/mol. The van der Waals surface area contributed by atoms with Crippen molar-refractivity contribution >= 4 is 17.6 Å². The Kier molecular flexibility index (Phi) is 4.12. The van der Waals surface area contributed by atoms with Crippen molar-refractivity contribution in [2.45, 2.75) is 31.9 Å². The summed E-state index contributed by atoms with van der Waals surface area (Å²) in [5.41, 5.74) is 6.15. The average molecular weight is 278 g/mol. The second-order valence-electron chi connectivity index (χ2n) is 4.75. The maximum atomic E-state index is 12.1. The maximum absolute atomic E-state index is 12.1. The molecular formula is C14H18N2O4. The zero-order valence-electron chi connectivity index (χ0n) is 11.5. The molecule has 0 saturated heterocycles. The number of nitrogen functional groups attached to an aromatic ring is 1. The molecule has 1 amide bonds. The van der Waals surface area contributed by atoms with E-state index in [1.54, 1.807) is 18.2 Å². The third kappa shape index (κ3) is 3.20. The molecule has 108 valence electrons. The molecule has 3 N–H and O–H groups in total. The van der Waals surface area contributed by atoms with Gasteiger partial charge in [0.2, 0.25) is 0 Å². The van der Waals surface area contributed by atoms with E-state index in [-0.39, 0.29) is 23.2 Å². The average Bonchev–Trinajstić information content (AvgIpc) is 3.21. The summed E-state index contributed by atoms with van der Waals surface area (Å²) in [7, 11) is 1.44. The fraction of sp³-hybridized carbons (Fsp3) is 0.429. The molecule has 1 saturated carbocycles. The van der Waals surface area contributed by atoms with E-state index in [0.29, 0.717) is 5.75 Å². The Morgan fingerprint density at radius 3 is 2.70 bits per heavy atom. The van der Waals surface area contributed by atoms with Crippen molar-refractivity contribution in [3.63, 3.8) is 0 Å². The van der Waals surface area contributed by atoms with Crippen LogP contribution in [0.5, 0.6) is 5.75 Å². The molecule has 1 fully saturated rings. The molecule has 1 aliphatic rings. The smallest absolute Gasteiger partial charge is 0.344 e. The van der Waals surface area contributed by atoms with Crippen LogP contribution in [-0.4, -0.2) is 31.1 Å². The van der Waals surface area contributed by atoms with Crippen molar-refractivity contribution in [3.8, 4) is 5.75 Å². The van der Waals surface area contributed by atoms with Crippen LogP contribution in [0.15, 0.2) is 18.2 Å². The summed E-state index contributed by atoms with van der Waals surface area (Å²) in [4.78, 5) is 23.8. The number of hydrogen-bond acceptors (Lipinski definition) is 5. The lowest BCUT2D eigenvalue weighted by molar-refractivity contribution is -0.129. The number of carbonyl (C=O) groups is 2. The van der Waals surface area contributed by atoms with Gasteiger partial charge < -0.3 is 20.5 Å². The second-order valence-corrected chi connectivity index (χ2v) is 4.75. The summed E-state index contributed by atoms with van der Waals surface area (Å²) in [5, 5.41) is 2.78. The van der Waals surface area contributed by atoms with Gasteiger partial charge in [-0.05, 0) is 31.9 Å². The highest BCUT2D eigenvalue weighted by Gasteiger charge is 2.28. The van der Waals surface area contributed by atoms with Crippen molar-refractivity contribution in [2.75, 3.05) is 12.8 Å². The van der Waals surface area contributed by atoms with Crippen molar-refractivity contribution in [2.24, 2.45) is 0 Å². The number of hydrogen-bond donors (Lipinski definition) is 2. The number of methoxy groups -OCH3 is 1. The molecule has 1 unspecified atom stereocenters. The number of anilines is 1. The lowest BCUT2D eigenvalue weighted by Crippen LogP contribution is -2.37. The van der Waals surface area contributed by atoms with Crippen molar-refractivity contribution < 1.29 is 19.1 Å². The summed E-state index contributed by atoms with van der Waals surface area (Å²) in [6.07, 6.45) is 1.09. The van der Waals surface area contributed by atoms with Gasteiger partial charge in [-0.15, -0.1) is 0 Å². The number of amides is 1. The van der Waals surface area contributed by atoms with E-state index in [0.717, 1.165) is 12.8 Å². The van der Waals surface area contributed by atoms with Crippen LogP contribution >= 0.6 is 0 Å². The standard InChI is InChI=1S/C14H18N2O4/c1-8(13(17)16-9-6-7-9)20-14(18)12-10(15)4-3-5-11(12)19-2/h3-5,8-9H,6-7,15H2,1-2H3,(H,16,17). The van der Waals surface area contributed by atoms with Gasteiger partial charge in [0.1, 0.15) is 11.3 Å². The predicted molar refractivity (Wildman–Crippen MR) is 73.4 cm³/mol. The lowest BCUT2D eigenvalue weighted by atomic mass is 10.1. The molecule has 0 aromatic heterocycles. The van der Waals surface area contributed by atoms with Gasteiger partial charge in [-0.25, -0.2) is 4.79 Å². The van der Waals surface area contributed by atoms with Gasteiger partial charge in [-0.1, -0.05) is 6.07 Å². The van der Waals surface area contributed by atoms with E-state index < -0.39 is 12.1 Å². The lowest BCUT2D eigenvalue weighted by Gasteiger charge is -2.15. The normalized spacial score (nSPS) is 15.3. The zero-order valence-corrected chi connectivity index (χ0v) is 11.5. The van der Waals surface area contributed by atoms with Gasteiger partial charge in [0.15, 0.2) is 6.10 Å². The molecule has 2 rings (SSSR count). The quantitative estimate of drug-likeness (QED) is 0.621. The number of benzene rings is 1. The molecule has 0 radical (unpaired) electrons. The SMILES string of the molecule is COc1cccc(N)c1C(=O)OC(C)C(=O)NC1CC1. The first kappa shape index (κ1) is 14.2. The van der Waals surface area contributed by atoms with Crippen molar-refractivity contribution in [1.29, 1.82) is 0 Å². The van der Waals surface area contributed by atoms with Gasteiger partial charge in [0.25, 0.3) is 5.91 Å². The van der Waals surface area contributed by atoms with Crippen LogP contribution in [-0.2, 0) is 9.53 Å². The molecule has 6 heteroatoms. The zero-order chi connectivity index (χ0) is 14.7. The van der Waals surface area contributed by atoms with E-state index in [1.807, 2.05) is 0 Å². The fourth-order valence-corrected chi connectivity index (χ4v) is 1.76. The highest BCUT2D eigenvalue weighted by atomic mass is 16.5. The van der Waals surface area contributed by atoms with Crippen LogP contribution in [0.1, 0.15) is 30.1 Å². The van der Waals surface area contributed by atoms with Crippen LogP contribution in [0.3, 0.4) is 0 Å². The number of nitrogens with two attached hydrogens (primary N) is 1. The molecule has 20 heavy (non-hydrogen) atoms. The van der Waals surface area contributed by atoms with Crippen LogP contribution < -0.4 is 15.8 Å². The maximum Gasteiger partial charge on any atom is 0.344 e. The Morgan fingerprint density at radius 1 is 1.40 bits per heavy atom. The first-order valence-corrected chi connectivity index (χ1v) is 6.46.